The number of hydrogen-bond donors (Lipinski definition) is 4. The van der Waals surface area contributed by atoms with E-state index in [1.54, 1.807) is 12.1 Å². The lowest BCUT2D eigenvalue weighted by molar-refractivity contribution is 0.402. The van der Waals surface area contributed by atoms with Crippen LogP contribution in [-0.4, -0.2) is 20.4 Å². The highest BCUT2D eigenvalue weighted by atomic mass is 16.3. The minimum Gasteiger partial charge on any atom is -0.504 e. The minimum absolute atomic E-state index is 0.130. The largest absolute Gasteiger partial charge is 0.504 e. The van der Waals surface area contributed by atoms with Crippen LogP contribution in [0.15, 0.2) is 30.3 Å². The predicted octanol–water partition coefficient (Wildman–Crippen LogP) is 2.66. The molecule has 0 aliphatic rings. The van der Waals surface area contributed by atoms with Crippen LogP contribution in [0.3, 0.4) is 0 Å². The second-order valence-electron chi connectivity index (χ2n) is 4.46. The molecule has 0 aliphatic heterocycles. The van der Waals surface area contributed by atoms with Crippen molar-refractivity contribution in [2.45, 2.75) is 19.8 Å². The molecule has 100 valence electrons. The molecule has 2 rings (SSSR count). The molecule has 0 unspecified atom stereocenters. The van der Waals surface area contributed by atoms with Gasteiger partial charge in [-0.3, -0.25) is 0 Å². The molecule has 19 heavy (non-hydrogen) atoms. The number of rotatable bonds is 3. The van der Waals surface area contributed by atoms with Crippen LogP contribution in [0.4, 0.5) is 0 Å². The number of hydrogen-bond acceptors (Lipinski definition) is 4. The van der Waals surface area contributed by atoms with Crippen LogP contribution in [0.5, 0.6) is 23.0 Å². The highest BCUT2D eigenvalue weighted by Gasteiger charge is 2.09. The van der Waals surface area contributed by atoms with Gasteiger partial charge in [-0.2, -0.15) is 0 Å². The van der Waals surface area contributed by atoms with Gasteiger partial charge in [0.25, 0.3) is 0 Å². The Morgan fingerprint density at radius 2 is 1.32 bits per heavy atom. The van der Waals surface area contributed by atoms with Crippen molar-refractivity contribution >= 4 is 0 Å². The zero-order chi connectivity index (χ0) is 14.0. The van der Waals surface area contributed by atoms with Crippen LogP contribution in [0, 0.1) is 0 Å². The van der Waals surface area contributed by atoms with Crippen molar-refractivity contribution in [1.29, 1.82) is 0 Å². The maximum Gasteiger partial charge on any atom is 0.157 e. The molecule has 0 atom stereocenters. The maximum atomic E-state index is 9.56. The Morgan fingerprint density at radius 3 is 1.89 bits per heavy atom. The second kappa shape index (κ2) is 5.10. The minimum atomic E-state index is -0.168. The Morgan fingerprint density at radius 1 is 0.737 bits per heavy atom. The summed E-state index contributed by atoms with van der Waals surface area (Å²) in [5, 5.41) is 37.8. The first-order valence-electron chi connectivity index (χ1n) is 6.05. The van der Waals surface area contributed by atoms with Gasteiger partial charge in [0.05, 0.1) is 0 Å². The normalized spacial score (nSPS) is 10.6. The molecule has 0 spiro atoms. The van der Waals surface area contributed by atoms with Gasteiger partial charge in [0, 0.05) is 0 Å². The standard InChI is InChI=1S/C15H16O4/c1-2-10-7-14(18)15(19)8-11(10)5-9-3-4-12(16)13(17)6-9/h3-4,6-8,16-19H,2,5H2,1H3. The first kappa shape index (κ1) is 13.1. The van der Waals surface area contributed by atoms with Crippen molar-refractivity contribution in [2.75, 3.05) is 0 Å². The van der Waals surface area contributed by atoms with E-state index in [-0.39, 0.29) is 23.0 Å². The Kier molecular flexibility index (Phi) is 3.51. The lowest BCUT2D eigenvalue weighted by atomic mass is 9.97. The van der Waals surface area contributed by atoms with Crippen LogP contribution in [0.1, 0.15) is 23.6 Å². The van der Waals surface area contributed by atoms with Crippen molar-refractivity contribution in [1.82, 2.24) is 0 Å². The fraction of sp³-hybridized carbons (Fsp3) is 0.200. The summed E-state index contributed by atoms with van der Waals surface area (Å²) in [5.74, 6) is -0.615. The summed E-state index contributed by atoms with van der Waals surface area (Å²) in [5.41, 5.74) is 2.63. The number of phenols is 4. The molecule has 0 fully saturated rings. The van der Waals surface area contributed by atoms with Crippen LogP contribution in [-0.2, 0) is 12.8 Å². The lowest BCUT2D eigenvalue weighted by Gasteiger charge is -2.10. The van der Waals surface area contributed by atoms with Crippen molar-refractivity contribution in [2.24, 2.45) is 0 Å². The second-order valence-corrected chi connectivity index (χ2v) is 4.46. The van der Waals surface area contributed by atoms with Gasteiger partial charge in [-0.25, -0.2) is 0 Å². The molecule has 0 saturated heterocycles. The molecule has 2 aromatic carbocycles. The zero-order valence-electron chi connectivity index (χ0n) is 10.6. The summed E-state index contributed by atoms with van der Waals surface area (Å²) in [7, 11) is 0. The van der Waals surface area contributed by atoms with E-state index in [2.05, 4.69) is 0 Å². The fourth-order valence-corrected chi connectivity index (χ4v) is 2.06. The van der Waals surface area contributed by atoms with Crippen molar-refractivity contribution in [3.05, 3.63) is 47.0 Å². The molecule has 0 aliphatic carbocycles. The van der Waals surface area contributed by atoms with E-state index in [4.69, 9.17) is 0 Å². The molecule has 0 amide bonds. The first-order valence-corrected chi connectivity index (χ1v) is 6.05. The van der Waals surface area contributed by atoms with Gasteiger partial charge in [0.1, 0.15) is 0 Å². The third kappa shape index (κ3) is 2.73. The number of benzene rings is 2. The Balaban J connectivity index is 2.37. The summed E-state index contributed by atoms with van der Waals surface area (Å²) >= 11 is 0. The van der Waals surface area contributed by atoms with Crippen molar-refractivity contribution in [3.63, 3.8) is 0 Å². The van der Waals surface area contributed by atoms with E-state index in [1.165, 1.54) is 18.2 Å². The molecule has 0 bridgehead atoms. The van der Waals surface area contributed by atoms with Gasteiger partial charge in [-0.1, -0.05) is 13.0 Å². The molecule has 2 aromatic rings. The molecule has 4 N–H and O–H groups in total. The molecule has 0 saturated carbocycles. The van der Waals surface area contributed by atoms with Gasteiger partial charge < -0.3 is 20.4 Å². The average molecular weight is 260 g/mol. The average Bonchev–Trinajstić information content (AvgIpc) is 2.38. The summed E-state index contributed by atoms with van der Waals surface area (Å²) in [4.78, 5) is 0. The first-order chi connectivity index (χ1) is 9.01. The van der Waals surface area contributed by atoms with Crippen molar-refractivity contribution in [3.8, 4) is 23.0 Å². The highest BCUT2D eigenvalue weighted by Crippen LogP contribution is 2.31. The zero-order valence-corrected chi connectivity index (χ0v) is 10.6. The monoisotopic (exact) mass is 260 g/mol. The highest BCUT2D eigenvalue weighted by molar-refractivity contribution is 5.48. The van der Waals surface area contributed by atoms with E-state index in [0.29, 0.717) is 6.42 Å². The molecule has 0 aromatic heterocycles. The van der Waals surface area contributed by atoms with Crippen LogP contribution < -0.4 is 0 Å². The van der Waals surface area contributed by atoms with E-state index < -0.39 is 0 Å². The predicted molar refractivity (Wildman–Crippen MR) is 71.7 cm³/mol. The quantitative estimate of drug-likeness (QED) is 0.639. The third-order valence-electron chi connectivity index (χ3n) is 3.11. The Labute approximate surface area is 111 Å². The summed E-state index contributed by atoms with van der Waals surface area (Å²) in [6, 6.07) is 7.69. The van der Waals surface area contributed by atoms with E-state index in [9.17, 15) is 20.4 Å². The molecule has 0 heterocycles. The van der Waals surface area contributed by atoms with Gasteiger partial charge in [0.15, 0.2) is 23.0 Å². The van der Waals surface area contributed by atoms with E-state index in [1.807, 2.05) is 6.92 Å². The van der Waals surface area contributed by atoms with Crippen LogP contribution >= 0.6 is 0 Å². The van der Waals surface area contributed by atoms with Gasteiger partial charge in [0.2, 0.25) is 0 Å². The van der Waals surface area contributed by atoms with Crippen LogP contribution in [0.25, 0.3) is 0 Å². The van der Waals surface area contributed by atoms with Crippen molar-refractivity contribution < 1.29 is 20.4 Å². The van der Waals surface area contributed by atoms with Gasteiger partial charge in [-0.05, 0) is 53.8 Å². The molecule has 4 heteroatoms. The smallest absolute Gasteiger partial charge is 0.157 e. The third-order valence-corrected chi connectivity index (χ3v) is 3.11. The Hall–Kier alpha value is -2.36. The van der Waals surface area contributed by atoms with Crippen LogP contribution in [0.2, 0.25) is 0 Å². The number of aryl methyl sites for hydroxylation is 1. The van der Waals surface area contributed by atoms with E-state index in [0.717, 1.165) is 23.1 Å². The van der Waals surface area contributed by atoms with Gasteiger partial charge in [-0.15, -0.1) is 0 Å². The topological polar surface area (TPSA) is 80.9 Å². The molecular formula is C15H16O4. The fourth-order valence-electron chi connectivity index (χ4n) is 2.06. The molecular weight excluding hydrogens is 244 g/mol. The SMILES string of the molecule is CCc1cc(O)c(O)cc1Cc1ccc(O)c(O)c1. The Bertz CT molecular complexity index is 605. The molecule has 4 nitrogen and oxygen atoms in total. The number of phenolic OH excluding ortho intramolecular Hbond substituents is 4. The lowest BCUT2D eigenvalue weighted by Crippen LogP contribution is -1.95. The maximum absolute atomic E-state index is 9.56. The number of aromatic hydroxyl groups is 4. The summed E-state index contributed by atoms with van der Waals surface area (Å²) in [6.45, 7) is 1.96. The van der Waals surface area contributed by atoms with Gasteiger partial charge >= 0.3 is 0 Å². The molecule has 0 radical (unpaired) electrons. The summed E-state index contributed by atoms with van der Waals surface area (Å²) < 4.78 is 0. The van der Waals surface area contributed by atoms with E-state index >= 15 is 0 Å². The summed E-state index contributed by atoms with van der Waals surface area (Å²) in [6.07, 6.45) is 1.23.